The Morgan fingerprint density at radius 3 is 2.83 bits per heavy atom. The van der Waals surface area contributed by atoms with Crippen molar-refractivity contribution in [2.24, 2.45) is 0 Å². The molecule has 120 valence electrons. The summed E-state index contributed by atoms with van der Waals surface area (Å²) in [6, 6.07) is 14.2. The average Bonchev–Trinajstić information content (AvgIpc) is 2.57. The Morgan fingerprint density at radius 2 is 2.04 bits per heavy atom. The molecule has 2 aromatic carbocycles. The second kappa shape index (κ2) is 6.79. The lowest BCUT2D eigenvalue weighted by atomic mass is 10.0. The molecule has 0 aromatic heterocycles. The Kier molecular flexibility index (Phi) is 4.57. The number of nitrogens with zero attached hydrogens (tertiary/aromatic N) is 1. The van der Waals surface area contributed by atoms with Gasteiger partial charge in [-0.2, -0.15) is 0 Å². The number of benzene rings is 2. The summed E-state index contributed by atoms with van der Waals surface area (Å²) < 4.78 is 0. The molecule has 2 N–H and O–H groups in total. The van der Waals surface area contributed by atoms with E-state index in [1.165, 1.54) is 10.8 Å². The van der Waals surface area contributed by atoms with Crippen LogP contribution >= 0.6 is 0 Å². The normalized spacial score (nSPS) is 18.7. The molecule has 3 rings (SSSR count). The third-order valence-corrected chi connectivity index (χ3v) is 4.30. The van der Waals surface area contributed by atoms with E-state index in [0.717, 1.165) is 12.1 Å². The Morgan fingerprint density at radius 1 is 1.26 bits per heavy atom. The van der Waals surface area contributed by atoms with Crippen molar-refractivity contribution in [3.05, 3.63) is 48.0 Å². The van der Waals surface area contributed by atoms with Crippen LogP contribution in [0.2, 0.25) is 0 Å². The zero-order chi connectivity index (χ0) is 16.2. The van der Waals surface area contributed by atoms with Gasteiger partial charge in [-0.25, -0.2) is 0 Å². The van der Waals surface area contributed by atoms with Gasteiger partial charge in [-0.05, 0) is 22.4 Å². The van der Waals surface area contributed by atoms with Crippen molar-refractivity contribution in [2.75, 3.05) is 20.1 Å². The standard InChI is InChI=1S/C18H21N3O2/c1-19-17(22)11-16-18(23)20-8-9-21(16)12-13-6-7-14-4-2-3-5-15(14)10-13/h2-7,10,16H,8-9,11-12H2,1H3,(H,19,22)(H,20,23)/t16-/m1/s1. The third-order valence-electron chi connectivity index (χ3n) is 4.30. The van der Waals surface area contributed by atoms with Crippen LogP contribution in [0.3, 0.4) is 0 Å². The molecule has 1 saturated heterocycles. The van der Waals surface area contributed by atoms with Crippen molar-refractivity contribution in [1.29, 1.82) is 0 Å². The molecule has 23 heavy (non-hydrogen) atoms. The molecule has 0 spiro atoms. The fourth-order valence-electron chi connectivity index (χ4n) is 3.02. The van der Waals surface area contributed by atoms with Gasteiger partial charge in [0.25, 0.3) is 0 Å². The number of carbonyl (C=O) groups is 2. The first-order valence-corrected chi connectivity index (χ1v) is 7.87. The number of nitrogens with one attached hydrogen (secondary N) is 2. The summed E-state index contributed by atoms with van der Waals surface area (Å²) in [6.45, 7) is 2.04. The SMILES string of the molecule is CNC(=O)C[C@@H]1C(=O)NCCN1Cc1ccc2ccccc2c1. The predicted octanol–water partition coefficient (Wildman–Crippen LogP) is 1.28. The van der Waals surface area contributed by atoms with E-state index < -0.39 is 6.04 Å². The zero-order valence-electron chi connectivity index (χ0n) is 13.2. The van der Waals surface area contributed by atoms with E-state index in [2.05, 4.69) is 45.9 Å². The molecule has 2 amide bonds. The molecule has 5 nitrogen and oxygen atoms in total. The fourth-order valence-corrected chi connectivity index (χ4v) is 3.02. The van der Waals surface area contributed by atoms with Crippen molar-refractivity contribution in [3.63, 3.8) is 0 Å². The fraction of sp³-hybridized carbons (Fsp3) is 0.333. The molecule has 2 aromatic rings. The van der Waals surface area contributed by atoms with E-state index in [4.69, 9.17) is 0 Å². The van der Waals surface area contributed by atoms with E-state index in [1.807, 2.05) is 12.1 Å². The highest BCUT2D eigenvalue weighted by molar-refractivity contribution is 5.88. The van der Waals surface area contributed by atoms with Gasteiger partial charge in [-0.15, -0.1) is 0 Å². The monoisotopic (exact) mass is 311 g/mol. The highest BCUT2D eigenvalue weighted by Crippen LogP contribution is 2.19. The van der Waals surface area contributed by atoms with Gasteiger partial charge < -0.3 is 10.6 Å². The topological polar surface area (TPSA) is 61.4 Å². The molecular formula is C18H21N3O2. The molecule has 0 bridgehead atoms. The Bertz CT molecular complexity index is 729. The number of carbonyl (C=O) groups excluding carboxylic acids is 2. The highest BCUT2D eigenvalue weighted by Gasteiger charge is 2.31. The van der Waals surface area contributed by atoms with Crippen LogP contribution in [0.25, 0.3) is 10.8 Å². The lowest BCUT2D eigenvalue weighted by molar-refractivity contribution is -0.134. The van der Waals surface area contributed by atoms with E-state index in [9.17, 15) is 9.59 Å². The van der Waals surface area contributed by atoms with Crippen LogP contribution in [-0.2, 0) is 16.1 Å². The van der Waals surface area contributed by atoms with Gasteiger partial charge in [0.15, 0.2) is 0 Å². The summed E-state index contributed by atoms with van der Waals surface area (Å²) in [7, 11) is 1.59. The predicted molar refractivity (Wildman–Crippen MR) is 89.8 cm³/mol. The second-order valence-electron chi connectivity index (χ2n) is 5.84. The lowest BCUT2D eigenvalue weighted by Crippen LogP contribution is -2.55. The average molecular weight is 311 g/mol. The molecule has 1 heterocycles. The molecule has 1 atom stereocenters. The smallest absolute Gasteiger partial charge is 0.237 e. The number of hydrogen-bond acceptors (Lipinski definition) is 3. The van der Waals surface area contributed by atoms with Gasteiger partial charge >= 0.3 is 0 Å². The summed E-state index contributed by atoms with van der Waals surface area (Å²) in [6.07, 6.45) is 0.190. The van der Waals surface area contributed by atoms with Crippen LogP contribution in [0.1, 0.15) is 12.0 Å². The Hall–Kier alpha value is -2.40. The summed E-state index contributed by atoms with van der Waals surface area (Å²) in [5, 5.41) is 7.83. The summed E-state index contributed by atoms with van der Waals surface area (Å²) in [5.41, 5.74) is 1.15. The molecule has 0 saturated carbocycles. The first-order chi connectivity index (χ1) is 11.2. The molecule has 1 aliphatic rings. The van der Waals surface area contributed by atoms with E-state index >= 15 is 0 Å². The number of piperazine rings is 1. The minimum absolute atomic E-state index is 0.0689. The zero-order valence-corrected chi connectivity index (χ0v) is 13.2. The maximum absolute atomic E-state index is 12.1. The summed E-state index contributed by atoms with van der Waals surface area (Å²) >= 11 is 0. The lowest BCUT2D eigenvalue weighted by Gasteiger charge is -2.34. The first kappa shape index (κ1) is 15.5. The molecule has 0 aliphatic carbocycles. The van der Waals surface area contributed by atoms with Crippen molar-refractivity contribution in [2.45, 2.75) is 19.0 Å². The highest BCUT2D eigenvalue weighted by atomic mass is 16.2. The molecule has 1 aliphatic heterocycles. The van der Waals surface area contributed by atoms with Crippen molar-refractivity contribution in [1.82, 2.24) is 15.5 Å². The van der Waals surface area contributed by atoms with Gasteiger partial charge in [-0.1, -0.05) is 36.4 Å². The summed E-state index contributed by atoms with van der Waals surface area (Å²) in [4.78, 5) is 25.9. The van der Waals surface area contributed by atoms with Crippen molar-refractivity contribution in [3.8, 4) is 0 Å². The van der Waals surface area contributed by atoms with Gasteiger partial charge in [0.1, 0.15) is 0 Å². The molecule has 0 unspecified atom stereocenters. The van der Waals surface area contributed by atoms with Crippen LogP contribution < -0.4 is 10.6 Å². The minimum Gasteiger partial charge on any atom is -0.359 e. The molecular weight excluding hydrogens is 290 g/mol. The van der Waals surface area contributed by atoms with E-state index in [0.29, 0.717) is 13.1 Å². The number of amides is 2. The van der Waals surface area contributed by atoms with Gasteiger partial charge in [0.2, 0.25) is 11.8 Å². The van der Waals surface area contributed by atoms with Gasteiger partial charge in [0, 0.05) is 26.7 Å². The van der Waals surface area contributed by atoms with E-state index in [-0.39, 0.29) is 18.2 Å². The van der Waals surface area contributed by atoms with Crippen LogP contribution in [0.15, 0.2) is 42.5 Å². The molecule has 0 radical (unpaired) electrons. The largest absolute Gasteiger partial charge is 0.359 e. The minimum atomic E-state index is -0.407. The van der Waals surface area contributed by atoms with Crippen LogP contribution in [0.5, 0.6) is 0 Å². The van der Waals surface area contributed by atoms with Crippen LogP contribution in [0, 0.1) is 0 Å². The Balaban J connectivity index is 1.79. The third kappa shape index (κ3) is 3.51. The van der Waals surface area contributed by atoms with Crippen LogP contribution in [0.4, 0.5) is 0 Å². The summed E-state index contributed by atoms with van der Waals surface area (Å²) in [5.74, 6) is -0.184. The number of hydrogen-bond donors (Lipinski definition) is 2. The van der Waals surface area contributed by atoms with E-state index in [1.54, 1.807) is 7.05 Å². The van der Waals surface area contributed by atoms with Gasteiger partial charge in [-0.3, -0.25) is 14.5 Å². The van der Waals surface area contributed by atoms with Gasteiger partial charge in [0.05, 0.1) is 12.5 Å². The molecule has 1 fully saturated rings. The number of rotatable bonds is 4. The first-order valence-electron chi connectivity index (χ1n) is 7.87. The quantitative estimate of drug-likeness (QED) is 0.894. The van der Waals surface area contributed by atoms with Crippen LogP contribution in [-0.4, -0.2) is 42.9 Å². The van der Waals surface area contributed by atoms with Crippen molar-refractivity contribution >= 4 is 22.6 Å². The maximum atomic E-state index is 12.1. The molecule has 5 heteroatoms. The maximum Gasteiger partial charge on any atom is 0.237 e. The Labute approximate surface area is 135 Å². The number of fused-ring (bicyclic) bond motifs is 1. The van der Waals surface area contributed by atoms with Crippen molar-refractivity contribution < 1.29 is 9.59 Å². The second-order valence-corrected chi connectivity index (χ2v) is 5.84.